The van der Waals surface area contributed by atoms with E-state index in [2.05, 4.69) is 16.8 Å². The van der Waals surface area contributed by atoms with Crippen LogP contribution in [0.15, 0.2) is 36.5 Å². The number of aryl methyl sites for hydroxylation is 1. The van der Waals surface area contributed by atoms with Gasteiger partial charge in [0, 0.05) is 56.0 Å². The summed E-state index contributed by atoms with van der Waals surface area (Å²) in [7, 11) is 1.61. The highest BCUT2D eigenvalue weighted by Crippen LogP contribution is 2.30. The minimum absolute atomic E-state index is 0.0429. The van der Waals surface area contributed by atoms with Gasteiger partial charge in [0.15, 0.2) is 5.65 Å². The van der Waals surface area contributed by atoms with E-state index in [4.69, 9.17) is 14.6 Å². The third-order valence-electron chi connectivity index (χ3n) is 6.54. The summed E-state index contributed by atoms with van der Waals surface area (Å²) in [5, 5.41) is 4.85. The lowest BCUT2D eigenvalue weighted by Gasteiger charge is -2.26. The summed E-state index contributed by atoms with van der Waals surface area (Å²) in [5.74, 6) is 0.967. The summed E-state index contributed by atoms with van der Waals surface area (Å²) < 4.78 is 12.8. The zero-order valence-electron chi connectivity index (χ0n) is 18.7. The van der Waals surface area contributed by atoms with E-state index in [1.54, 1.807) is 13.2 Å². The summed E-state index contributed by atoms with van der Waals surface area (Å²) in [6.45, 7) is 7.70. The first-order valence-electron chi connectivity index (χ1n) is 11.2. The topological polar surface area (TPSA) is 72.2 Å². The molecule has 4 heterocycles. The number of ether oxygens (including phenoxy) is 2. The molecule has 2 saturated heterocycles. The highest BCUT2D eigenvalue weighted by molar-refractivity contribution is 5.94. The fourth-order valence-corrected chi connectivity index (χ4v) is 4.72. The fraction of sp³-hybridized carbons (Fsp3) is 0.458. The Morgan fingerprint density at radius 3 is 2.88 bits per heavy atom. The van der Waals surface area contributed by atoms with Gasteiger partial charge in [0.1, 0.15) is 5.75 Å². The molecule has 0 aliphatic carbocycles. The third-order valence-corrected chi connectivity index (χ3v) is 6.54. The summed E-state index contributed by atoms with van der Waals surface area (Å²) >= 11 is 0. The van der Waals surface area contributed by atoms with Crippen LogP contribution in [-0.2, 0) is 11.3 Å². The molecule has 5 rings (SSSR count). The molecular formula is C24H29N5O3. The number of fused-ring (bicyclic) bond motifs is 1. The molecule has 0 spiro atoms. The Labute approximate surface area is 187 Å². The molecule has 168 valence electrons. The van der Waals surface area contributed by atoms with E-state index in [1.165, 1.54) is 5.56 Å². The van der Waals surface area contributed by atoms with Gasteiger partial charge in [-0.3, -0.25) is 9.69 Å². The van der Waals surface area contributed by atoms with Gasteiger partial charge in [-0.15, -0.1) is 0 Å². The van der Waals surface area contributed by atoms with Gasteiger partial charge in [0.05, 0.1) is 31.7 Å². The van der Waals surface area contributed by atoms with Crippen molar-refractivity contribution in [2.75, 3.05) is 46.5 Å². The van der Waals surface area contributed by atoms with Crippen LogP contribution in [0.5, 0.6) is 5.75 Å². The van der Waals surface area contributed by atoms with E-state index < -0.39 is 0 Å². The molecule has 2 aromatic heterocycles. The zero-order chi connectivity index (χ0) is 22.1. The van der Waals surface area contributed by atoms with E-state index in [-0.39, 0.29) is 11.8 Å². The number of hydrogen-bond donors (Lipinski definition) is 0. The molecule has 2 aliphatic heterocycles. The van der Waals surface area contributed by atoms with Crippen molar-refractivity contribution in [1.29, 1.82) is 0 Å². The second kappa shape index (κ2) is 8.88. The number of likely N-dealkylation sites (tertiary alicyclic amines) is 1. The lowest BCUT2D eigenvalue weighted by molar-refractivity contribution is 0.0342. The number of benzene rings is 1. The second-order valence-corrected chi connectivity index (χ2v) is 8.53. The van der Waals surface area contributed by atoms with Crippen molar-refractivity contribution in [3.8, 4) is 5.75 Å². The van der Waals surface area contributed by atoms with Gasteiger partial charge in [-0.25, -0.2) is 9.50 Å². The normalized spacial score (nSPS) is 19.6. The molecule has 0 saturated carbocycles. The Bertz CT molecular complexity index is 1120. The summed E-state index contributed by atoms with van der Waals surface area (Å²) in [6, 6.07) is 9.40. The molecule has 0 unspecified atom stereocenters. The Hall–Kier alpha value is -2.97. The van der Waals surface area contributed by atoms with Gasteiger partial charge in [-0.05, 0) is 37.6 Å². The van der Waals surface area contributed by atoms with E-state index in [1.807, 2.05) is 39.9 Å². The van der Waals surface area contributed by atoms with Gasteiger partial charge in [0.25, 0.3) is 5.91 Å². The molecule has 8 nitrogen and oxygen atoms in total. The van der Waals surface area contributed by atoms with Crippen LogP contribution in [0.25, 0.3) is 5.65 Å². The molecule has 32 heavy (non-hydrogen) atoms. The van der Waals surface area contributed by atoms with Crippen LogP contribution in [0.1, 0.15) is 39.6 Å². The molecule has 0 bridgehead atoms. The second-order valence-electron chi connectivity index (χ2n) is 8.53. The van der Waals surface area contributed by atoms with Crippen molar-refractivity contribution in [2.45, 2.75) is 25.8 Å². The first-order valence-corrected chi connectivity index (χ1v) is 11.2. The van der Waals surface area contributed by atoms with Crippen molar-refractivity contribution in [2.24, 2.45) is 0 Å². The number of carbonyl (C=O) groups excluding carboxylic acids is 1. The van der Waals surface area contributed by atoms with Crippen LogP contribution in [0, 0.1) is 6.92 Å². The lowest BCUT2D eigenvalue weighted by atomic mass is 10.0. The fourth-order valence-electron chi connectivity index (χ4n) is 4.72. The Kier molecular flexibility index (Phi) is 5.80. The van der Waals surface area contributed by atoms with Crippen molar-refractivity contribution in [1.82, 2.24) is 24.4 Å². The van der Waals surface area contributed by atoms with Gasteiger partial charge in [0.2, 0.25) is 0 Å². The predicted molar refractivity (Wildman–Crippen MR) is 120 cm³/mol. The Morgan fingerprint density at radius 2 is 2.06 bits per heavy atom. The van der Waals surface area contributed by atoms with Crippen molar-refractivity contribution >= 4 is 11.6 Å². The number of amides is 1. The molecular weight excluding hydrogens is 406 g/mol. The van der Waals surface area contributed by atoms with Crippen LogP contribution < -0.4 is 4.74 Å². The molecule has 8 heteroatoms. The largest absolute Gasteiger partial charge is 0.497 e. The summed E-state index contributed by atoms with van der Waals surface area (Å²) in [4.78, 5) is 22.0. The highest BCUT2D eigenvalue weighted by Gasteiger charge is 2.30. The molecule has 2 fully saturated rings. The quantitative estimate of drug-likeness (QED) is 0.613. The number of nitrogens with zero attached hydrogens (tertiary/aromatic N) is 5. The maximum absolute atomic E-state index is 13.1. The van der Waals surface area contributed by atoms with E-state index in [9.17, 15) is 4.79 Å². The molecule has 0 radical (unpaired) electrons. The van der Waals surface area contributed by atoms with Crippen molar-refractivity contribution < 1.29 is 14.3 Å². The highest BCUT2D eigenvalue weighted by atomic mass is 16.5. The van der Waals surface area contributed by atoms with Crippen LogP contribution in [0.3, 0.4) is 0 Å². The maximum Gasteiger partial charge on any atom is 0.254 e. The van der Waals surface area contributed by atoms with Gasteiger partial charge >= 0.3 is 0 Å². The van der Waals surface area contributed by atoms with Crippen LogP contribution in [0.4, 0.5) is 0 Å². The number of aromatic nitrogens is 3. The van der Waals surface area contributed by atoms with Crippen molar-refractivity contribution in [3.05, 3.63) is 59.0 Å². The molecule has 1 aromatic carbocycles. The number of carbonyl (C=O) groups is 1. The number of rotatable bonds is 5. The van der Waals surface area contributed by atoms with Crippen LogP contribution in [-0.4, -0.2) is 76.8 Å². The van der Waals surface area contributed by atoms with Crippen LogP contribution >= 0.6 is 0 Å². The maximum atomic E-state index is 13.1. The van der Waals surface area contributed by atoms with Gasteiger partial charge in [-0.2, -0.15) is 5.10 Å². The predicted octanol–water partition coefficient (Wildman–Crippen LogP) is 2.51. The van der Waals surface area contributed by atoms with Gasteiger partial charge < -0.3 is 14.4 Å². The summed E-state index contributed by atoms with van der Waals surface area (Å²) in [6.07, 6.45) is 2.79. The average molecular weight is 436 g/mol. The SMILES string of the molecule is COc1cccc(C(=O)N2CC[C@H](c3ccnc4c(CN5CCOCC5)c(C)nn34)C2)c1. The minimum atomic E-state index is 0.0429. The van der Waals surface area contributed by atoms with E-state index in [0.717, 1.165) is 62.8 Å². The van der Waals surface area contributed by atoms with Crippen molar-refractivity contribution in [3.63, 3.8) is 0 Å². The summed E-state index contributed by atoms with van der Waals surface area (Å²) in [5.41, 5.74) is 4.89. The number of hydrogen-bond acceptors (Lipinski definition) is 6. The molecule has 2 aliphatic rings. The molecule has 1 amide bonds. The average Bonchev–Trinajstić information content (AvgIpc) is 3.44. The smallest absolute Gasteiger partial charge is 0.254 e. The standard InChI is InChI=1S/C24H29N5O3/c1-17-21(16-27-10-12-32-13-11-27)23-25-8-6-22(29(23)26-17)19-7-9-28(15-19)24(30)18-4-3-5-20(14-18)31-2/h3-6,8,14,19H,7,9-13,15-16H2,1-2H3/t19-/m0/s1. The lowest BCUT2D eigenvalue weighted by Crippen LogP contribution is -2.35. The molecule has 0 N–H and O–H groups in total. The van der Waals surface area contributed by atoms with Crippen LogP contribution in [0.2, 0.25) is 0 Å². The zero-order valence-corrected chi connectivity index (χ0v) is 18.7. The first kappa shape index (κ1) is 20.9. The minimum Gasteiger partial charge on any atom is -0.497 e. The Balaban J connectivity index is 1.37. The van der Waals surface area contributed by atoms with E-state index >= 15 is 0 Å². The number of morpholine rings is 1. The number of methoxy groups -OCH3 is 1. The molecule has 1 atom stereocenters. The first-order chi connectivity index (χ1) is 15.6. The van der Waals surface area contributed by atoms with Gasteiger partial charge in [-0.1, -0.05) is 6.07 Å². The third kappa shape index (κ3) is 3.96. The monoisotopic (exact) mass is 435 g/mol. The van der Waals surface area contributed by atoms with E-state index in [0.29, 0.717) is 17.9 Å². The molecule has 3 aromatic rings. The Morgan fingerprint density at radius 1 is 1.22 bits per heavy atom.